The van der Waals surface area contributed by atoms with Gasteiger partial charge in [-0.3, -0.25) is 0 Å². The Labute approximate surface area is 199 Å². The summed E-state index contributed by atoms with van der Waals surface area (Å²) in [6.07, 6.45) is 13.7. The van der Waals surface area contributed by atoms with E-state index in [1.165, 1.54) is 69.9 Å². The molecule has 0 spiro atoms. The zero-order chi connectivity index (χ0) is 18.3. The van der Waals surface area contributed by atoms with Crippen molar-refractivity contribution in [1.29, 1.82) is 0 Å². The second-order valence-electron chi connectivity index (χ2n) is 6.03. The van der Waals surface area contributed by atoms with E-state index in [0.29, 0.717) is 0 Å². The topological polar surface area (TPSA) is 57.2 Å². The fourth-order valence-electron chi connectivity index (χ4n) is 2.67. The van der Waals surface area contributed by atoms with Crippen molar-refractivity contribution in [2.24, 2.45) is 0 Å². The minimum atomic E-state index is -4.33. The van der Waals surface area contributed by atoms with Crippen LogP contribution in [0.4, 0.5) is 0 Å². The van der Waals surface area contributed by atoms with Crippen LogP contribution < -0.4 is 29.6 Å². The summed E-state index contributed by atoms with van der Waals surface area (Å²) in [6.45, 7) is 2.24. The molecule has 0 amide bonds. The fraction of sp³-hybridized carbons (Fsp3) is 0.667. The molecule has 0 fully saturated rings. The van der Waals surface area contributed by atoms with Gasteiger partial charge in [0.2, 0.25) is 0 Å². The quantitative estimate of drug-likeness (QED) is 0.158. The second kappa shape index (κ2) is 18.9. The predicted octanol–water partition coefficient (Wildman–Crippen LogP) is 3.83. The third-order valence-electron chi connectivity index (χ3n) is 4.01. The van der Waals surface area contributed by atoms with Crippen LogP contribution in [0, 0.1) is 0 Å². The second-order valence-corrected chi connectivity index (χ2v) is 7.41. The van der Waals surface area contributed by atoms with Gasteiger partial charge >= 0.3 is 29.6 Å². The van der Waals surface area contributed by atoms with Crippen LogP contribution >= 0.6 is 37.2 Å². The molecule has 0 unspecified atom stereocenters. The van der Waals surface area contributed by atoms with Crippen LogP contribution in [0.5, 0.6) is 0 Å². The molecule has 1 aromatic carbocycles. The molecule has 7 heteroatoms. The SMILES string of the molecule is CCCCCCCCCCCCc1cccc(S(=O)(=O)[O-])c1.II.[Na+]. The van der Waals surface area contributed by atoms with E-state index in [-0.39, 0.29) is 34.5 Å². The number of halogens is 2. The fourth-order valence-corrected chi connectivity index (χ4v) is 3.21. The molecule has 3 nitrogen and oxygen atoms in total. The Morgan fingerprint density at radius 2 is 1.36 bits per heavy atom. The van der Waals surface area contributed by atoms with Gasteiger partial charge in [-0.15, -0.1) is 0 Å². The average molecular weight is 602 g/mol. The molecule has 1 rings (SSSR count). The van der Waals surface area contributed by atoms with E-state index in [2.05, 4.69) is 44.2 Å². The first kappa shape index (κ1) is 28.8. The van der Waals surface area contributed by atoms with Crippen molar-refractivity contribution in [2.45, 2.75) is 82.4 Å². The molecule has 0 aliphatic heterocycles. The molecule has 0 atom stereocenters. The first-order valence-corrected chi connectivity index (χ1v) is 16.4. The van der Waals surface area contributed by atoms with Crippen LogP contribution in [0.25, 0.3) is 0 Å². The summed E-state index contributed by atoms with van der Waals surface area (Å²) < 4.78 is 32.9. The van der Waals surface area contributed by atoms with Crippen molar-refractivity contribution in [1.82, 2.24) is 0 Å². The van der Waals surface area contributed by atoms with E-state index in [1.807, 2.05) is 6.07 Å². The van der Waals surface area contributed by atoms with E-state index in [9.17, 15) is 13.0 Å². The Balaban J connectivity index is 0. The van der Waals surface area contributed by atoms with Crippen LogP contribution in [0.3, 0.4) is 0 Å². The summed E-state index contributed by atoms with van der Waals surface area (Å²) in [5.74, 6) is 0. The van der Waals surface area contributed by atoms with Gasteiger partial charge in [0.1, 0.15) is 10.1 Å². The number of unbranched alkanes of at least 4 members (excludes halogenated alkanes) is 9. The summed E-state index contributed by atoms with van der Waals surface area (Å²) in [4.78, 5) is -0.114. The molecule has 0 N–H and O–H groups in total. The number of rotatable bonds is 12. The molecule has 0 aromatic heterocycles. The third-order valence-corrected chi connectivity index (χ3v) is 4.84. The van der Waals surface area contributed by atoms with E-state index in [1.54, 1.807) is 6.07 Å². The zero-order valence-corrected chi connectivity index (χ0v) is 22.6. The van der Waals surface area contributed by atoms with E-state index in [4.69, 9.17) is 0 Å². The molecule has 25 heavy (non-hydrogen) atoms. The molecule has 0 saturated carbocycles. The first-order chi connectivity index (χ1) is 11.5. The number of hydrogen-bond acceptors (Lipinski definition) is 3. The summed E-state index contributed by atoms with van der Waals surface area (Å²) in [7, 11) is -4.33. The molecule has 0 heterocycles. The summed E-state index contributed by atoms with van der Waals surface area (Å²) in [6, 6.07) is 6.42. The molecule has 1 aromatic rings. The molecule has 0 radical (unpaired) electrons. The van der Waals surface area contributed by atoms with E-state index in [0.717, 1.165) is 18.4 Å². The Hall–Kier alpha value is 1.59. The zero-order valence-electron chi connectivity index (χ0n) is 15.5. The maximum Gasteiger partial charge on any atom is 1.00 e. The molecule has 140 valence electrons. The van der Waals surface area contributed by atoms with E-state index >= 15 is 0 Å². The summed E-state index contributed by atoms with van der Waals surface area (Å²) in [5, 5.41) is 0. The van der Waals surface area contributed by atoms with Crippen molar-refractivity contribution >= 4 is 47.3 Å². The minimum absolute atomic E-state index is 0. The van der Waals surface area contributed by atoms with Crippen molar-refractivity contribution < 1.29 is 42.5 Å². The van der Waals surface area contributed by atoms with Gasteiger partial charge in [0.15, 0.2) is 0 Å². The number of aryl methyl sites for hydroxylation is 1. The number of hydrogen-bond donors (Lipinski definition) is 0. The Bertz CT molecular complexity index is 525. The van der Waals surface area contributed by atoms with Gasteiger partial charge in [0.05, 0.1) is 4.90 Å². The van der Waals surface area contributed by atoms with Gasteiger partial charge in [-0.2, -0.15) is 0 Å². The van der Waals surface area contributed by atoms with Crippen LogP contribution in [-0.4, -0.2) is 13.0 Å². The monoisotopic (exact) mass is 602 g/mol. The number of benzene rings is 1. The van der Waals surface area contributed by atoms with Gasteiger partial charge < -0.3 is 4.55 Å². The molecule has 0 bridgehead atoms. The summed E-state index contributed by atoms with van der Waals surface area (Å²) in [5.41, 5.74) is 0.941. The van der Waals surface area contributed by atoms with Crippen LogP contribution in [-0.2, 0) is 16.5 Å². The predicted molar refractivity (Wildman–Crippen MR) is 118 cm³/mol. The Morgan fingerprint density at radius 3 is 1.84 bits per heavy atom. The van der Waals surface area contributed by atoms with Gasteiger partial charge in [0.25, 0.3) is 0 Å². The molecule has 0 aliphatic carbocycles. The third kappa shape index (κ3) is 16.3. The Kier molecular flexibility index (Phi) is 21.8. The molecule has 0 saturated heterocycles. The largest absolute Gasteiger partial charge is 1.00 e. The minimum Gasteiger partial charge on any atom is -0.744 e. The standard InChI is InChI=1S/C18H30O3S.I2.Na/c1-2-3-4-5-6-7-8-9-10-11-13-17-14-12-15-18(16-17)22(19,20)21;1-2;/h12,14-16H,2-11,13H2,1H3,(H,19,20,21);;/q;;+1/p-1. The van der Waals surface area contributed by atoms with Gasteiger partial charge in [-0.25, -0.2) is 8.42 Å². The van der Waals surface area contributed by atoms with Crippen molar-refractivity contribution in [3.8, 4) is 0 Å². The van der Waals surface area contributed by atoms with E-state index < -0.39 is 10.1 Å². The molecular weight excluding hydrogens is 573 g/mol. The van der Waals surface area contributed by atoms with Crippen LogP contribution in [0.2, 0.25) is 0 Å². The first-order valence-electron chi connectivity index (χ1n) is 8.73. The maximum absolute atomic E-state index is 11.0. The van der Waals surface area contributed by atoms with Crippen molar-refractivity contribution in [2.75, 3.05) is 0 Å². The maximum atomic E-state index is 11.0. The molecule has 0 aliphatic rings. The average Bonchev–Trinajstić information content (AvgIpc) is 2.58. The van der Waals surface area contributed by atoms with Gasteiger partial charge in [0, 0.05) is 37.2 Å². The van der Waals surface area contributed by atoms with Crippen LogP contribution in [0.1, 0.15) is 76.7 Å². The summed E-state index contributed by atoms with van der Waals surface area (Å²) >= 11 is 4.24. The van der Waals surface area contributed by atoms with Gasteiger partial charge in [-0.05, 0) is 30.5 Å². The normalized spacial score (nSPS) is 10.6. The van der Waals surface area contributed by atoms with Crippen molar-refractivity contribution in [3.63, 3.8) is 0 Å². The molecular formula is C18H29I2NaO3S. The Morgan fingerprint density at radius 1 is 0.880 bits per heavy atom. The van der Waals surface area contributed by atoms with Crippen LogP contribution in [0.15, 0.2) is 29.2 Å². The van der Waals surface area contributed by atoms with Crippen molar-refractivity contribution in [3.05, 3.63) is 29.8 Å². The smallest absolute Gasteiger partial charge is 0.744 e. The van der Waals surface area contributed by atoms with Gasteiger partial charge in [-0.1, -0.05) is 76.8 Å².